The molecule has 0 aliphatic carbocycles. The van der Waals surface area contributed by atoms with Gasteiger partial charge < -0.3 is 21.9 Å². The van der Waals surface area contributed by atoms with Crippen LogP contribution >= 0.6 is 0 Å². The first-order valence-corrected chi connectivity index (χ1v) is 5.89. The van der Waals surface area contributed by atoms with E-state index in [0.29, 0.717) is 11.5 Å². The fourth-order valence-corrected chi connectivity index (χ4v) is 1.88. The molecule has 1 heterocycles. The number of carboxylic acid groups (broad SMARTS) is 1. The van der Waals surface area contributed by atoms with Crippen LogP contribution in [-0.4, -0.2) is 28.0 Å². The van der Waals surface area contributed by atoms with Crippen LogP contribution in [0, 0.1) is 0 Å². The molecule has 1 atom stereocenters. The first-order chi connectivity index (χ1) is 9.47. The van der Waals surface area contributed by atoms with Gasteiger partial charge in [0.25, 0.3) is 0 Å². The Morgan fingerprint density at radius 3 is 2.75 bits per heavy atom. The number of pyridine rings is 1. The average molecular weight is 274 g/mol. The smallest absolute Gasteiger partial charge is 0.326 e. The van der Waals surface area contributed by atoms with Crippen molar-refractivity contribution in [2.24, 2.45) is 5.73 Å². The van der Waals surface area contributed by atoms with Crippen molar-refractivity contribution in [2.45, 2.75) is 12.5 Å². The molecule has 0 fully saturated rings. The lowest BCUT2D eigenvalue weighted by molar-refractivity contribution is -0.139. The zero-order valence-electron chi connectivity index (χ0n) is 10.5. The summed E-state index contributed by atoms with van der Waals surface area (Å²) in [5.74, 6) is -1.50. The van der Waals surface area contributed by atoms with Gasteiger partial charge in [0, 0.05) is 17.3 Å². The third-order valence-electron chi connectivity index (χ3n) is 2.80. The fraction of sp³-hybridized carbons (Fsp3) is 0.154. The number of rotatable bonds is 5. The van der Waals surface area contributed by atoms with E-state index in [1.807, 2.05) is 0 Å². The Morgan fingerprint density at radius 2 is 2.10 bits per heavy atom. The lowest BCUT2D eigenvalue weighted by Crippen LogP contribution is -2.34. The van der Waals surface area contributed by atoms with E-state index in [1.54, 1.807) is 24.3 Å². The number of nitrogen functional groups attached to an aromatic ring is 1. The van der Waals surface area contributed by atoms with E-state index in [2.05, 4.69) is 10.3 Å². The molecule has 7 nitrogen and oxygen atoms in total. The average Bonchev–Trinajstić information content (AvgIpc) is 2.37. The minimum absolute atomic E-state index is 0.317. The quantitative estimate of drug-likeness (QED) is 0.589. The van der Waals surface area contributed by atoms with Gasteiger partial charge >= 0.3 is 5.97 Å². The number of aliphatic carboxylic acids is 1. The zero-order valence-corrected chi connectivity index (χ0v) is 10.5. The molecule has 0 saturated carbocycles. The number of hydrogen-bond donors (Lipinski definition) is 4. The van der Waals surface area contributed by atoms with Gasteiger partial charge in [-0.2, -0.15) is 0 Å². The van der Waals surface area contributed by atoms with Crippen LogP contribution in [0.5, 0.6) is 0 Å². The van der Waals surface area contributed by atoms with Gasteiger partial charge in [0.1, 0.15) is 11.9 Å². The van der Waals surface area contributed by atoms with E-state index in [1.165, 1.54) is 6.20 Å². The van der Waals surface area contributed by atoms with Crippen LogP contribution in [0.2, 0.25) is 0 Å². The van der Waals surface area contributed by atoms with Crippen LogP contribution in [0.25, 0.3) is 10.8 Å². The van der Waals surface area contributed by atoms with Gasteiger partial charge in [0.15, 0.2) is 0 Å². The summed E-state index contributed by atoms with van der Waals surface area (Å²) in [7, 11) is 0. The highest BCUT2D eigenvalue weighted by atomic mass is 16.4. The maximum Gasteiger partial charge on any atom is 0.326 e. The monoisotopic (exact) mass is 274 g/mol. The molecule has 0 saturated heterocycles. The third kappa shape index (κ3) is 2.94. The summed E-state index contributed by atoms with van der Waals surface area (Å²) in [6, 6.07) is 5.83. The Kier molecular flexibility index (Phi) is 3.69. The SMILES string of the molecule is NC(=O)CC(Nc1nccc2cc(N)ccc12)C(=O)O. The molecular formula is C13H14N4O3. The number of nitrogens with two attached hydrogens (primary N) is 2. The summed E-state index contributed by atoms with van der Waals surface area (Å²) in [5, 5.41) is 13.3. The van der Waals surface area contributed by atoms with Crippen LogP contribution in [-0.2, 0) is 9.59 Å². The number of hydrogen-bond acceptors (Lipinski definition) is 5. The topological polar surface area (TPSA) is 131 Å². The van der Waals surface area contributed by atoms with Gasteiger partial charge in [0.05, 0.1) is 6.42 Å². The summed E-state index contributed by atoms with van der Waals surface area (Å²) < 4.78 is 0. The number of carboxylic acids is 1. The molecule has 1 aromatic carbocycles. The van der Waals surface area contributed by atoms with Crippen molar-refractivity contribution in [1.29, 1.82) is 0 Å². The van der Waals surface area contributed by atoms with Crippen molar-refractivity contribution in [3.63, 3.8) is 0 Å². The molecule has 104 valence electrons. The lowest BCUT2D eigenvalue weighted by Gasteiger charge is -2.15. The van der Waals surface area contributed by atoms with Gasteiger partial charge in [-0.15, -0.1) is 0 Å². The molecule has 0 aliphatic rings. The summed E-state index contributed by atoms with van der Waals surface area (Å²) in [6.45, 7) is 0. The van der Waals surface area contributed by atoms with Gasteiger partial charge in [-0.3, -0.25) is 4.79 Å². The van der Waals surface area contributed by atoms with Crippen molar-refractivity contribution < 1.29 is 14.7 Å². The maximum atomic E-state index is 11.1. The molecule has 0 aliphatic heterocycles. The highest BCUT2D eigenvalue weighted by Crippen LogP contribution is 2.23. The van der Waals surface area contributed by atoms with Gasteiger partial charge in [0.2, 0.25) is 5.91 Å². The Morgan fingerprint density at radius 1 is 1.35 bits per heavy atom. The van der Waals surface area contributed by atoms with E-state index in [-0.39, 0.29) is 6.42 Å². The number of anilines is 2. The Labute approximate surface area is 114 Å². The number of carbonyl (C=O) groups excluding carboxylic acids is 1. The number of nitrogens with zero attached hydrogens (tertiary/aromatic N) is 1. The van der Waals surface area contributed by atoms with Crippen LogP contribution < -0.4 is 16.8 Å². The van der Waals surface area contributed by atoms with Crippen molar-refractivity contribution in [3.8, 4) is 0 Å². The Balaban J connectivity index is 2.37. The summed E-state index contributed by atoms with van der Waals surface area (Å²) in [5.41, 5.74) is 11.3. The minimum atomic E-state index is -1.17. The number of primary amides is 1. The molecular weight excluding hydrogens is 260 g/mol. The Hall–Kier alpha value is -2.83. The van der Waals surface area contributed by atoms with Crippen molar-refractivity contribution >= 4 is 34.2 Å². The standard InChI is InChI=1S/C13H14N4O3/c14-8-1-2-9-7(5-8)3-4-16-12(9)17-10(13(19)20)6-11(15)18/h1-5,10H,6,14H2,(H2,15,18)(H,16,17)(H,19,20). The first kappa shape index (κ1) is 13.6. The van der Waals surface area contributed by atoms with E-state index < -0.39 is 17.9 Å². The highest BCUT2D eigenvalue weighted by Gasteiger charge is 2.20. The van der Waals surface area contributed by atoms with E-state index in [9.17, 15) is 9.59 Å². The predicted octanol–water partition coefficient (Wildman–Crippen LogP) is 0.557. The van der Waals surface area contributed by atoms with Gasteiger partial charge in [-0.05, 0) is 29.7 Å². The second kappa shape index (κ2) is 5.43. The number of benzene rings is 1. The second-order valence-electron chi connectivity index (χ2n) is 4.35. The van der Waals surface area contributed by atoms with Crippen molar-refractivity contribution in [3.05, 3.63) is 30.5 Å². The van der Waals surface area contributed by atoms with Gasteiger partial charge in [-0.1, -0.05) is 0 Å². The van der Waals surface area contributed by atoms with E-state index in [0.717, 1.165) is 10.8 Å². The molecule has 2 aromatic rings. The van der Waals surface area contributed by atoms with Crippen LogP contribution in [0.3, 0.4) is 0 Å². The molecule has 1 aromatic heterocycles. The van der Waals surface area contributed by atoms with Crippen molar-refractivity contribution in [1.82, 2.24) is 4.98 Å². The molecule has 20 heavy (non-hydrogen) atoms. The number of carbonyl (C=O) groups is 2. The highest BCUT2D eigenvalue weighted by molar-refractivity contribution is 5.95. The molecule has 0 bridgehead atoms. The third-order valence-corrected chi connectivity index (χ3v) is 2.80. The van der Waals surface area contributed by atoms with Crippen LogP contribution in [0.1, 0.15) is 6.42 Å². The fourth-order valence-electron chi connectivity index (χ4n) is 1.88. The summed E-state index contributed by atoms with van der Waals surface area (Å²) >= 11 is 0. The summed E-state index contributed by atoms with van der Waals surface area (Å²) in [4.78, 5) is 26.1. The van der Waals surface area contributed by atoms with Crippen LogP contribution in [0.4, 0.5) is 11.5 Å². The largest absolute Gasteiger partial charge is 0.480 e. The molecule has 7 heteroatoms. The van der Waals surface area contributed by atoms with Crippen molar-refractivity contribution in [2.75, 3.05) is 11.1 Å². The van der Waals surface area contributed by atoms with E-state index >= 15 is 0 Å². The van der Waals surface area contributed by atoms with Crippen LogP contribution in [0.15, 0.2) is 30.5 Å². The molecule has 2 rings (SSSR count). The molecule has 0 spiro atoms. The van der Waals surface area contributed by atoms with Gasteiger partial charge in [-0.25, -0.2) is 9.78 Å². The lowest BCUT2D eigenvalue weighted by atomic mass is 10.1. The maximum absolute atomic E-state index is 11.1. The molecule has 6 N–H and O–H groups in total. The molecule has 1 unspecified atom stereocenters. The molecule has 1 amide bonds. The second-order valence-corrected chi connectivity index (χ2v) is 4.35. The number of amides is 1. The summed E-state index contributed by atoms with van der Waals surface area (Å²) in [6.07, 6.45) is 1.22. The van der Waals surface area contributed by atoms with E-state index in [4.69, 9.17) is 16.6 Å². The first-order valence-electron chi connectivity index (χ1n) is 5.89. The molecule has 0 radical (unpaired) electrons. The number of aromatic nitrogens is 1. The Bertz CT molecular complexity index is 672. The normalized spacial score (nSPS) is 12.0. The predicted molar refractivity (Wildman–Crippen MR) is 75.0 cm³/mol. The zero-order chi connectivity index (χ0) is 14.7. The number of nitrogens with one attached hydrogen (secondary N) is 1. The minimum Gasteiger partial charge on any atom is -0.480 e. The number of fused-ring (bicyclic) bond motifs is 1.